The zero-order chi connectivity index (χ0) is 14.7. The zero-order valence-corrected chi connectivity index (χ0v) is 11.9. The Morgan fingerprint density at radius 1 is 1.35 bits per heavy atom. The average molecular weight is 273 g/mol. The van der Waals surface area contributed by atoms with Crippen LogP contribution in [0.15, 0.2) is 34.7 Å². The van der Waals surface area contributed by atoms with E-state index in [2.05, 4.69) is 29.4 Å². The molecule has 1 amide bonds. The molecule has 20 heavy (non-hydrogen) atoms. The lowest BCUT2D eigenvalue weighted by molar-refractivity contribution is 0.0952. The zero-order valence-electron chi connectivity index (χ0n) is 11.9. The number of nitrogen functional groups attached to an aromatic ring is 1. The van der Waals surface area contributed by atoms with Crippen molar-refractivity contribution in [2.75, 3.05) is 11.9 Å². The van der Waals surface area contributed by atoms with Crippen molar-refractivity contribution >= 4 is 11.6 Å². The molecular weight excluding hydrogens is 254 g/mol. The van der Waals surface area contributed by atoms with Gasteiger partial charge in [0, 0.05) is 12.7 Å². The lowest BCUT2D eigenvalue weighted by atomic mass is 10.2. The highest BCUT2D eigenvalue weighted by atomic mass is 16.3. The van der Waals surface area contributed by atoms with Crippen LogP contribution in [-0.4, -0.2) is 13.0 Å². The van der Waals surface area contributed by atoms with Gasteiger partial charge in [-0.25, -0.2) is 5.84 Å². The van der Waals surface area contributed by atoms with Gasteiger partial charge in [-0.05, 0) is 31.5 Å². The van der Waals surface area contributed by atoms with Crippen LogP contribution in [0, 0.1) is 13.8 Å². The van der Waals surface area contributed by atoms with Crippen LogP contribution in [0.5, 0.6) is 0 Å². The number of rotatable bonds is 4. The first kappa shape index (κ1) is 14.1. The Kier molecular flexibility index (Phi) is 4.10. The van der Waals surface area contributed by atoms with Crippen LogP contribution in [0.3, 0.4) is 0 Å². The molecule has 1 heterocycles. The molecule has 106 valence electrons. The smallest absolute Gasteiger partial charge is 0.268 e. The fourth-order valence-electron chi connectivity index (χ4n) is 2.24. The molecule has 2 aromatic rings. The summed E-state index contributed by atoms with van der Waals surface area (Å²) in [6, 6.07) is 9.85. The Bertz CT molecular complexity index is 619. The van der Waals surface area contributed by atoms with Crippen molar-refractivity contribution in [3.8, 4) is 0 Å². The van der Waals surface area contributed by atoms with Crippen molar-refractivity contribution in [1.29, 1.82) is 0 Å². The number of hydrogen-bond acceptors (Lipinski definition) is 4. The van der Waals surface area contributed by atoms with Crippen LogP contribution in [-0.2, 0) is 6.54 Å². The molecule has 1 aromatic carbocycles. The van der Waals surface area contributed by atoms with Crippen molar-refractivity contribution < 1.29 is 9.21 Å². The van der Waals surface area contributed by atoms with E-state index in [0.717, 1.165) is 11.4 Å². The highest BCUT2D eigenvalue weighted by Crippen LogP contribution is 2.22. The monoisotopic (exact) mass is 273 g/mol. The van der Waals surface area contributed by atoms with Gasteiger partial charge in [0.2, 0.25) is 0 Å². The van der Waals surface area contributed by atoms with E-state index in [1.54, 1.807) is 13.0 Å². The second-order valence-electron chi connectivity index (χ2n) is 4.80. The summed E-state index contributed by atoms with van der Waals surface area (Å²) in [7, 11) is 1.99. The van der Waals surface area contributed by atoms with E-state index in [9.17, 15) is 4.79 Å². The number of hydrogen-bond donors (Lipinski definition) is 2. The first-order valence-corrected chi connectivity index (χ1v) is 6.40. The van der Waals surface area contributed by atoms with Gasteiger partial charge < -0.3 is 9.32 Å². The van der Waals surface area contributed by atoms with Crippen LogP contribution < -0.4 is 16.2 Å². The number of para-hydroxylation sites is 1. The summed E-state index contributed by atoms with van der Waals surface area (Å²) >= 11 is 0. The van der Waals surface area contributed by atoms with Crippen LogP contribution >= 0.6 is 0 Å². The summed E-state index contributed by atoms with van der Waals surface area (Å²) < 4.78 is 5.61. The number of nitrogens with one attached hydrogen (secondary N) is 1. The molecule has 3 N–H and O–H groups in total. The molecule has 5 nitrogen and oxygen atoms in total. The quantitative estimate of drug-likeness (QED) is 0.508. The van der Waals surface area contributed by atoms with Gasteiger partial charge in [0.1, 0.15) is 11.5 Å². The maximum Gasteiger partial charge on any atom is 0.268 e. The van der Waals surface area contributed by atoms with Gasteiger partial charge in [-0.3, -0.25) is 10.2 Å². The molecule has 2 rings (SSSR count). The lowest BCUT2D eigenvalue weighted by Gasteiger charge is -2.20. The summed E-state index contributed by atoms with van der Waals surface area (Å²) in [5.74, 6) is 6.10. The molecule has 5 heteroatoms. The molecule has 0 radical (unpaired) electrons. The predicted molar refractivity (Wildman–Crippen MR) is 78.4 cm³/mol. The fourth-order valence-corrected chi connectivity index (χ4v) is 2.24. The minimum atomic E-state index is -0.337. The van der Waals surface area contributed by atoms with E-state index >= 15 is 0 Å². The third kappa shape index (κ3) is 2.83. The number of amides is 1. The summed E-state index contributed by atoms with van der Waals surface area (Å²) in [6.07, 6.45) is 0. The Hall–Kier alpha value is -2.27. The molecule has 0 spiro atoms. The first-order valence-electron chi connectivity index (χ1n) is 6.40. The molecule has 0 aliphatic carbocycles. The number of aryl methyl sites for hydroxylation is 2. The van der Waals surface area contributed by atoms with Gasteiger partial charge in [-0.1, -0.05) is 18.2 Å². The lowest BCUT2D eigenvalue weighted by Crippen LogP contribution is -2.30. The average Bonchev–Trinajstić information content (AvgIpc) is 2.79. The third-order valence-corrected chi connectivity index (χ3v) is 3.26. The van der Waals surface area contributed by atoms with E-state index in [4.69, 9.17) is 10.3 Å². The van der Waals surface area contributed by atoms with Gasteiger partial charge in [0.05, 0.1) is 12.1 Å². The standard InChI is InChI=1S/C15H19N3O2/c1-10-6-4-5-7-14(10)18(3)9-12-8-13(11(2)20-12)15(19)17-16/h4-8H,9,16H2,1-3H3,(H,17,19). The van der Waals surface area contributed by atoms with Crippen molar-refractivity contribution in [2.24, 2.45) is 5.84 Å². The largest absolute Gasteiger partial charge is 0.464 e. The van der Waals surface area contributed by atoms with Crippen LogP contribution in [0.2, 0.25) is 0 Å². The van der Waals surface area contributed by atoms with Gasteiger partial charge >= 0.3 is 0 Å². The van der Waals surface area contributed by atoms with Gasteiger partial charge in [-0.2, -0.15) is 0 Å². The molecule has 0 fully saturated rings. The summed E-state index contributed by atoms with van der Waals surface area (Å²) in [4.78, 5) is 13.6. The molecule has 0 aliphatic rings. The Balaban J connectivity index is 2.18. The van der Waals surface area contributed by atoms with E-state index < -0.39 is 0 Å². The van der Waals surface area contributed by atoms with Crippen molar-refractivity contribution in [2.45, 2.75) is 20.4 Å². The molecule has 0 bridgehead atoms. The molecule has 0 saturated heterocycles. The SMILES string of the molecule is Cc1ccccc1N(C)Cc1cc(C(=O)NN)c(C)o1. The number of anilines is 1. The number of furan rings is 1. The van der Waals surface area contributed by atoms with E-state index in [1.807, 2.05) is 19.2 Å². The van der Waals surface area contributed by atoms with E-state index in [-0.39, 0.29) is 5.91 Å². The Labute approximate surface area is 118 Å². The van der Waals surface area contributed by atoms with E-state index in [0.29, 0.717) is 17.9 Å². The fraction of sp³-hybridized carbons (Fsp3) is 0.267. The highest BCUT2D eigenvalue weighted by Gasteiger charge is 2.15. The molecule has 0 saturated carbocycles. The van der Waals surface area contributed by atoms with Crippen LogP contribution in [0.4, 0.5) is 5.69 Å². The van der Waals surface area contributed by atoms with Gasteiger partial charge in [-0.15, -0.1) is 0 Å². The van der Waals surface area contributed by atoms with Crippen molar-refractivity contribution in [3.63, 3.8) is 0 Å². The van der Waals surface area contributed by atoms with E-state index in [1.165, 1.54) is 5.56 Å². The van der Waals surface area contributed by atoms with Gasteiger partial charge in [0.15, 0.2) is 0 Å². The second kappa shape index (κ2) is 5.79. The van der Waals surface area contributed by atoms with Crippen LogP contribution in [0.25, 0.3) is 0 Å². The topological polar surface area (TPSA) is 71.5 Å². The normalized spacial score (nSPS) is 10.4. The van der Waals surface area contributed by atoms with Crippen molar-refractivity contribution in [3.05, 3.63) is 53.0 Å². The predicted octanol–water partition coefficient (Wildman–Crippen LogP) is 2.14. The number of nitrogens with zero attached hydrogens (tertiary/aromatic N) is 1. The van der Waals surface area contributed by atoms with Gasteiger partial charge in [0.25, 0.3) is 5.91 Å². The second-order valence-corrected chi connectivity index (χ2v) is 4.80. The summed E-state index contributed by atoms with van der Waals surface area (Å²) in [5.41, 5.74) is 4.91. The van der Waals surface area contributed by atoms with Crippen molar-refractivity contribution in [1.82, 2.24) is 5.43 Å². The Morgan fingerprint density at radius 2 is 2.05 bits per heavy atom. The highest BCUT2D eigenvalue weighted by molar-refractivity contribution is 5.94. The third-order valence-electron chi connectivity index (χ3n) is 3.26. The summed E-state index contributed by atoms with van der Waals surface area (Å²) in [6.45, 7) is 4.40. The molecular formula is C15H19N3O2. The Morgan fingerprint density at radius 3 is 2.70 bits per heavy atom. The van der Waals surface area contributed by atoms with Crippen LogP contribution in [0.1, 0.15) is 27.4 Å². The maximum atomic E-state index is 11.5. The number of carbonyl (C=O) groups excluding carboxylic acids is 1. The first-order chi connectivity index (χ1) is 9.52. The molecule has 0 atom stereocenters. The maximum absolute atomic E-state index is 11.5. The number of benzene rings is 1. The summed E-state index contributed by atoms with van der Waals surface area (Å²) in [5, 5.41) is 0. The number of nitrogens with two attached hydrogens (primary N) is 1. The minimum Gasteiger partial charge on any atom is -0.464 e. The molecule has 1 aromatic heterocycles. The number of carbonyl (C=O) groups is 1. The minimum absolute atomic E-state index is 0.337. The number of hydrazine groups is 1. The molecule has 0 unspecified atom stereocenters. The molecule has 0 aliphatic heterocycles.